The van der Waals surface area contributed by atoms with Crippen LogP contribution in [-0.4, -0.2) is 12.5 Å². The summed E-state index contributed by atoms with van der Waals surface area (Å²) in [4.78, 5) is 14.5. The largest absolute Gasteiger partial charge is 0.308 e. The molecule has 0 N–H and O–H groups in total. The Hall–Kier alpha value is -2.16. The van der Waals surface area contributed by atoms with Crippen LogP contribution in [-0.2, 0) is 0 Å². The predicted molar refractivity (Wildman–Crippen MR) is 84.2 cm³/mol. The summed E-state index contributed by atoms with van der Waals surface area (Å²) in [5.74, 6) is -0.371. The van der Waals surface area contributed by atoms with E-state index in [-0.39, 0.29) is 11.7 Å². The molecular weight excluding hydrogens is 265 g/mol. The highest BCUT2D eigenvalue weighted by atomic mass is 19.1. The molecule has 0 bridgehead atoms. The molecule has 0 atom stereocenters. The van der Waals surface area contributed by atoms with Crippen LogP contribution in [0.2, 0.25) is 0 Å². The Morgan fingerprint density at radius 2 is 1.86 bits per heavy atom. The van der Waals surface area contributed by atoms with Crippen molar-refractivity contribution in [3.63, 3.8) is 0 Å². The van der Waals surface area contributed by atoms with E-state index < -0.39 is 0 Å². The Bertz CT molecular complexity index is 610. The van der Waals surface area contributed by atoms with Crippen molar-refractivity contribution in [1.29, 1.82) is 0 Å². The van der Waals surface area contributed by atoms with Gasteiger partial charge < -0.3 is 4.90 Å². The maximum absolute atomic E-state index is 13.4. The topological polar surface area (TPSA) is 20.3 Å². The minimum Gasteiger partial charge on any atom is -0.308 e. The van der Waals surface area contributed by atoms with Crippen LogP contribution in [0.25, 0.3) is 0 Å². The van der Waals surface area contributed by atoms with Gasteiger partial charge in [0.15, 0.2) is 0 Å². The summed E-state index contributed by atoms with van der Waals surface area (Å²) in [6.07, 6.45) is 1.94. The van der Waals surface area contributed by atoms with Gasteiger partial charge >= 0.3 is 0 Å². The summed E-state index contributed by atoms with van der Waals surface area (Å²) in [5.41, 5.74) is 1.89. The van der Waals surface area contributed by atoms with E-state index in [0.717, 1.165) is 18.5 Å². The molecule has 0 aliphatic heterocycles. The third-order valence-corrected chi connectivity index (χ3v) is 3.45. The first-order chi connectivity index (χ1) is 10.1. The van der Waals surface area contributed by atoms with Gasteiger partial charge in [-0.1, -0.05) is 31.5 Å². The lowest BCUT2D eigenvalue weighted by molar-refractivity contribution is 0.0986. The highest BCUT2D eigenvalue weighted by Crippen LogP contribution is 2.19. The Morgan fingerprint density at radius 3 is 2.48 bits per heavy atom. The number of hydrogen-bond acceptors (Lipinski definition) is 1. The van der Waals surface area contributed by atoms with E-state index in [1.54, 1.807) is 24.0 Å². The van der Waals surface area contributed by atoms with Crippen LogP contribution in [0.4, 0.5) is 10.1 Å². The number of para-hydroxylation sites is 1. The van der Waals surface area contributed by atoms with Crippen molar-refractivity contribution in [2.75, 3.05) is 11.4 Å². The molecule has 0 radical (unpaired) electrons. The number of amides is 1. The van der Waals surface area contributed by atoms with Gasteiger partial charge in [0.05, 0.1) is 0 Å². The Balaban J connectivity index is 2.31. The quantitative estimate of drug-likeness (QED) is 0.787. The average molecular weight is 285 g/mol. The standard InChI is InChI=1S/C18H20FNO/c1-3-4-12-20(16-8-6-5-7-9-16)18(21)15-10-11-17(19)14(2)13-15/h5-11,13H,3-4,12H2,1-2H3. The van der Waals surface area contributed by atoms with Gasteiger partial charge in [0, 0.05) is 17.8 Å². The van der Waals surface area contributed by atoms with E-state index in [1.807, 2.05) is 30.3 Å². The third kappa shape index (κ3) is 3.69. The van der Waals surface area contributed by atoms with Gasteiger partial charge in [-0.15, -0.1) is 0 Å². The van der Waals surface area contributed by atoms with E-state index >= 15 is 0 Å². The molecule has 0 aliphatic carbocycles. The van der Waals surface area contributed by atoms with Gasteiger partial charge in [0.25, 0.3) is 5.91 Å². The molecule has 2 nitrogen and oxygen atoms in total. The lowest BCUT2D eigenvalue weighted by Gasteiger charge is -2.23. The fourth-order valence-corrected chi connectivity index (χ4v) is 2.21. The molecule has 0 heterocycles. The molecule has 2 aromatic rings. The molecule has 2 rings (SSSR count). The molecule has 0 fully saturated rings. The zero-order valence-electron chi connectivity index (χ0n) is 12.5. The maximum Gasteiger partial charge on any atom is 0.258 e. The second-order valence-electron chi connectivity index (χ2n) is 5.11. The van der Waals surface area contributed by atoms with E-state index in [9.17, 15) is 9.18 Å². The molecule has 1 amide bonds. The van der Waals surface area contributed by atoms with E-state index in [1.165, 1.54) is 6.07 Å². The van der Waals surface area contributed by atoms with E-state index in [2.05, 4.69) is 6.92 Å². The summed E-state index contributed by atoms with van der Waals surface area (Å²) >= 11 is 0. The average Bonchev–Trinajstić information content (AvgIpc) is 2.51. The second-order valence-corrected chi connectivity index (χ2v) is 5.11. The molecular formula is C18H20FNO. The lowest BCUT2D eigenvalue weighted by atomic mass is 10.1. The maximum atomic E-state index is 13.4. The smallest absolute Gasteiger partial charge is 0.258 e. The molecule has 0 spiro atoms. The highest BCUT2D eigenvalue weighted by Gasteiger charge is 2.17. The number of carbonyl (C=O) groups excluding carboxylic acids is 1. The van der Waals surface area contributed by atoms with Crippen LogP contribution in [0.3, 0.4) is 0 Å². The summed E-state index contributed by atoms with van der Waals surface area (Å²) < 4.78 is 13.4. The number of nitrogens with zero attached hydrogens (tertiary/aromatic N) is 1. The van der Waals surface area contributed by atoms with Crippen LogP contribution in [0.15, 0.2) is 48.5 Å². The highest BCUT2D eigenvalue weighted by molar-refractivity contribution is 6.06. The monoisotopic (exact) mass is 285 g/mol. The van der Waals surface area contributed by atoms with Crippen LogP contribution in [0.1, 0.15) is 35.7 Å². The number of halogens is 1. The normalized spacial score (nSPS) is 10.4. The SMILES string of the molecule is CCCCN(C(=O)c1ccc(F)c(C)c1)c1ccccc1. The fourth-order valence-electron chi connectivity index (χ4n) is 2.21. The first-order valence-electron chi connectivity index (χ1n) is 7.26. The summed E-state index contributed by atoms with van der Waals surface area (Å²) in [7, 11) is 0. The number of anilines is 1. The van der Waals surface area contributed by atoms with Crippen molar-refractivity contribution < 1.29 is 9.18 Å². The van der Waals surface area contributed by atoms with Gasteiger partial charge in [0.1, 0.15) is 5.82 Å². The number of rotatable bonds is 5. The zero-order chi connectivity index (χ0) is 15.2. The molecule has 0 unspecified atom stereocenters. The minimum absolute atomic E-state index is 0.0854. The molecule has 3 heteroatoms. The summed E-state index contributed by atoms with van der Waals surface area (Å²) in [6.45, 7) is 4.43. The van der Waals surface area contributed by atoms with Crippen molar-refractivity contribution in [2.45, 2.75) is 26.7 Å². The third-order valence-electron chi connectivity index (χ3n) is 3.45. The molecule has 21 heavy (non-hydrogen) atoms. The van der Waals surface area contributed by atoms with E-state index in [0.29, 0.717) is 17.7 Å². The van der Waals surface area contributed by atoms with Crippen molar-refractivity contribution in [2.24, 2.45) is 0 Å². The summed E-state index contributed by atoms with van der Waals surface area (Å²) in [5, 5.41) is 0. The van der Waals surface area contributed by atoms with Gasteiger partial charge in [-0.3, -0.25) is 4.79 Å². The van der Waals surface area contributed by atoms with Crippen LogP contribution in [0, 0.1) is 12.7 Å². The number of aryl methyl sites for hydroxylation is 1. The van der Waals surface area contributed by atoms with Crippen LogP contribution >= 0.6 is 0 Å². The molecule has 0 saturated heterocycles. The van der Waals surface area contributed by atoms with Crippen molar-refractivity contribution in [1.82, 2.24) is 0 Å². The number of unbranched alkanes of at least 4 members (excludes halogenated alkanes) is 1. The first-order valence-corrected chi connectivity index (χ1v) is 7.26. The second kappa shape index (κ2) is 7.02. The number of hydrogen-bond donors (Lipinski definition) is 0. The molecule has 2 aromatic carbocycles. The number of carbonyl (C=O) groups is 1. The first kappa shape index (κ1) is 15.2. The Labute approximate surface area is 125 Å². The molecule has 0 saturated carbocycles. The Morgan fingerprint density at radius 1 is 1.14 bits per heavy atom. The van der Waals surface area contributed by atoms with Gasteiger partial charge in [0.2, 0.25) is 0 Å². The lowest BCUT2D eigenvalue weighted by Crippen LogP contribution is -2.32. The Kier molecular flexibility index (Phi) is 5.09. The van der Waals surface area contributed by atoms with Crippen LogP contribution in [0.5, 0.6) is 0 Å². The molecule has 0 aromatic heterocycles. The minimum atomic E-state index is -0.286. The zero-order valence-corrected chi connectivity index (χ0v) is 12.5. The van der Waals surface area contributed by atoms with Gasteiger partial charge in [-0.05, 0) is 49.2 Å². The predicted octanol–water partition coefficient (Wildman–Crippen LogP) is 4.58. The van der Waals surface area contributed by atoms with Crippen molar-refractivity contribution >= 4 is 11.6 Å². The summed E-state index contributed by atoms with van der Waals surface area (Å²) in [6, 6.07) is 14.1. The van der Waals surface area contributed by atoms with Crippen LogP contribution < -0.4 is 4.90 Å². The van der Waals surface area contributed by atoms with Crippen molar-refractivity contribution in [3.8, 4) is 0 Å². The van der Waals surface area contributed by atoms with Gasteiger partial charge in [-0.2, -0.15) is 0 Å². The van der Waals surface area contributed by atoms with Gasteiger partial charge in [-0.25, -0.2) is 4.39 Å². The molecule has 0 aliphatic rings. The fraction of sp³-hybridized carbons (Fsp3) is 0.278. The number of benzene rings is 2. The van der Waals surface area contributed by atoms with E-state index in [4.69, 9.17) is 0 Å². The van der Waals surface area contributed by atoms with Crippen molar-refractivity contribution in [3.05, 3.63) is 65.5 Å². The molecule has 110 valence electrons.